The number of aromatic nitrogens is 1. The highest BCUT2D eigenvalue weighted by Gasteiger charge is 2.67. The largest absolute Gasteiger partial charge is 0.451 e. The Morgan fingerprint density at radius 2 is 1.57 bits per heavy atom. The van der Waals surface area contributed by atoms with Crippen LogP contribution in [0.1, 0.15) is 39.6 Å². The van der Waals surface area contributed by atoms with Crippen molar-refractivity contribution in [2.24, 2.45) is 35.5 Å². The number of halogens is 2. The molecule has 2 saturated carbocycles. The van der Waals surface area contributed by atoms with E-state index in [0.717, 1.165) is 16.5 Å². The van der Waals surface area contributed by atoms with Crippen LogP contribution in [0.2, 0.25) is 5.02 Å². The Balaban J connectivity index is 1.10. The van der Waals surface area contributed by atoms with Crippen molar-refractivity contribution in [1.29, 1.82) is 0 Å². The first-order valence-corrected chi connectivity index (χ1v) is 16.6. The van der Waals surface area contributed by atoms with Crippen molar-refractivity contribution in [1.82, 2.24) is 4.98 Å². The maximum atomic E-state index is 13.6. The molecule has 9 rings (SSSR count). The minimum absolute atomic E-state index is 0.107. The summed E-state index contributed by atoms with van der Waals surface area (Å²) in [6, 6.07) is 19.0. The maximum Gasteiger partial charge on any atom is 0.339 e. The number of carbonyl (C=O) groups excluding carboxylic acids is 4. The van der Waals surface area contributed by atoms with Gasteiger partial charge in [0.2, 0.25) is 17.6 Å². The van der Waals surface area contributed by atoms with Crippen LogP contribution in [0.3, 0.4) is 0 Å². The lowest BCUT2D eigenvalue weighted by Gasteiger charge is -2.37. The van der Waals surface area contributed by atoms with Crippen LogP contribution in [-0.2, 0) is 14.3 Å². The molecule has 7 atom stereocenters. The van der Waals surface area contributed by atoms with Gasteiger partial charge in [-0.25, -0.2) is 9.78 Å². The van der Waals surface area contributed by atoms with Crippen molar-refractivity contribution in [3.63, 3.8) is 0 Å². The molecule has 7 nitrogen and oxygen atoms in total. The lowest BCUT2D eigenvalue weighted by Crippen LogP contribution is -2.40. The van der Waals surface area contributed by atoms with E-state index in [-0.39, 0.29) is 46.8 Å². The molecule has 1 aliphatic heterocycles. The third kappa shape index (κ3) is 4.56. The monoisotopic (exact) mass is 694 g/mol. The number of rotatable bonds is 6. The Labute approximate surface area is 278 Å². The molecule has 0 radical (unpaired) electrons. The molecule has 2 bridgehead atoms. The standard InChI is InChI=1S/C37H28BrClN2O5/c1-17-13-21(38)14-28-29(37(45)46-18(2)34(42)20-3-7-22(39)8-4-20)16-30(40-33(17)28)19-5-9-23(10-6-19)41-35(43)31-24-11-12-25(27-15-26(24)27)32(31)36(41)44/h3-14,16,18,24-27,31-32H,15H2,1-2H3. The maximum absolute atomic E-state index is 13.6. The van der Waals surface area contributed by atoms with Crippen LogP contribution in [0, 0.1) is 42.4 Å². The Kier molecular flexibility index (Phi) is 6.82. The number of anilines is 1. The molecule has 1 saturated heterocycles. The van der Waals surface area contributed by atoms with E-state index in [0.29, 0.717) is 50.3 Å². The third-order valence-electron chi connectivity index (χ3n) is 10.2. The van der Waals surface area contributed by atoms with Crippen molar-refractivity contribution in [2.45, 2.75) is 26.4 Å². The van der Waals surface area contributed by atoms with Crippen LogP contribution in [0.15, 0.2) is 83.4 Å². The van der Waals surface area contributed by atoms with Gasteiger partial charge >= 0.3 is 5.97 Å². The van der Waals surface area contributed by atoms with E-state index < -0.39 is 12.1 Å². The molecule has 7 unspecified atom stereocenters. The Hall–Kier alpha value is -4.14. The van der Waals surface area contributed by atoms with Gasteiger partial charge in [0, 0.05) is 26.0 Å². The molecule has 3 fully saturated rings. The number of ether oxygens (including phenoxy) is 1. The summed E-state index contributed by atoms with van der Waals surface area (Å²) in [7, 11) is 0. The molecule has 0 spiro atoms. The van der Waals surface area contributed by atoms with Gasteiger partial charge in [-0.05, 0) is 104 Å². The average Bonchev–Trinajstić information content (AvgIpc) is 3.83. The molecule has 230 valence electrons. The van der Waals surface area contributed by atoms with Crippen LogP contribution < -0.4 is 4.90 Å². The van der Waals surface area contributed by atoms with E-state index in [1.54, 1.807) is 55.5 Å². The van der Waals surface area contributed by atoms with Crippen LogP contribution >= 0.6 is 27.5 Å². The smallest absolute Gasteiger partial charge is 0.339 e. The predicted molar refractivity (Wildman–Crippen MR) is 177 cm³/mol. The number of imide groups is 1. The van der Waals surface area contributed by atoms with Gasteiger partial charge in [-0.3, -0.25) is 19.3 Å². The summed E-state index contributed by atoms with van der Waals surface area (Å²) in [6.07, 6.45) is 4.41. The lowest BCUT2D eigenvalue weighted by molar-refractivity contribution is -0.124. The molecule has 3 aromatic carbocycles. The summed E-state index contributed by atoms with van der Waals surface area (Å²) in [6.45, 7) is 3.45. The molecule has 4 aromatic rings. The van der Waals surface area contributed by atoms with Crippen LogP contribution in [0.4, 0.5) is 5.69 Å². The first kappa shape index (κ1) is 29.3. The number of fused-ring (bicyclic) bond motifs is 1. The van der Waals surface area contributed by atoms with Crippen molar-refractivity contribution < 1.29 is 23.9 Å². The minimum Gasteiger partial charge on any atom is -0.451 e. The summed E-state index contributed by atoms with van der Waals surface area (Å²) in [5, 5.41) is 1.09. The van der Waals surface area contributed by atoms with Crippen molar-refractivity contribution >= 4 is 67.7 Å². The van der Waals surface area contributed by atoms with Crippen molar-refractivity contribution in [3.8, 4) is 11.3 Å². The van der Waals surface area contributed by atoms with E-state index in [9.17, 15) is 19.2 Å². The van der Waals surface area contributed by atoms with Gasteiger partial charge in [0.1, 0.15) is 0 Å². The first-order chi connectivity index (χ1) is 22.1. The zero-order valence-electron chi connectivity index (χ0n) is 24.9. The Bertz CT molecular complexity index is 1990. The lowest BCUT2D eigenvalue weighted by atomic mass is 9.63. The van der Waals surface area contributed by atoms with Gasteiger partial charge in [0.15, 0.2) is 6.10 Å². The fraction of sp³-hybridized carbons (Fsp3) is 0.270. The highest BCUT2D eigenvalue weighted by atomic mass is 79.9. The van der Waals surface area contributed by atoms with Gasteiger partial charge in [0.05, 0.1) is 34.3 Å². The second-order valence-corrected chi connectivity index (χ2v) is 14.2. The number of carbonyl (C=O) groups is 4. The molecule has 2 heterocycles. The summed E-state index contributed by atoms with van der Waals surface area (Å²) in [5.74, 6) is -0.347. The summed E-state index contributed by atoms with van der Waals surface area (Å²) >= 11 is 9.49. The molecular formula is C37H28BrClN2O5. The number of hydrogen-bond donors (Lipinski definition) is 0. The quantitative estimate of drug-likeness (QED) is 0.0893. The number of benzene rings is 3. The Morgan fingerprint density at radius 1 is 0.935 bits per heavy atom. The first-order valence-electron chi connectivity index (χ1n) is 15.4. The molecule has 46 heavy (non-hydrogen) atoms. The molecule has 4 aliphatic carbocycles. The molecular weight excluding hydrogens is 668 g/mol. The molecule has 0 N–H and O–H groups in total. The number of esters is 1. The van der Waals surface area contributed by atoms with E-state index in [1.807, 2.05) is 25.1 Å². The number of allylic oxidation sites excluding steroid dienone is 2. The van der Waals surface area contributed by atoms with Gasteiger partial charge in [-0.2, -0.15) is 0 Å². The van der Waals surface area contributed by atoms with Gasteiger partial charge in [-0.15, -0.1) is 0 Å². The number of Topliss-reactive ketones (excluding diaryl/α,β-unsaturated/α-hetero) is 1. The Morgan fingerprint density at radius 3 is 2.20 bits per heavy atom. The van der Waals surface area contributed by atoms with Crippen LogP contribution in [-0.4, -0.2) is 34.7 Å². The molecule has 9 heteroatoms. The fourth-order valence-electron chi connectivity index (χ4n) is 7.89. The molecule has 2 amide bonds. The predicted octanol–water partition coefficient (Wildman–Crippen LogP) is 7.61. The number of nitrogens with zero attached hydrogens (tertiary/aromatic N) is 2. The highest BCUT2D eigenvalue weighted by molar-refractivity contribution is 9.10. The van der Waals surface area contributed by atoms with Crippen LogP contribution in [0.5, 0.6) is 0 Å². The number of ketones is 1. The number of amides is 2. The second-order valence-electron chi connectivity index (χ2n) is 12.8. The second kappa shape index (κ2) is 10.7. The van der Waals surface area contributed by atoms with E-state index in [4.69, 9.17) is 21.3 Å². The SMILES string of the molecule is Cc1cc(Br)cc2c(C(=O)OC(C)C(=O)c3ccc(Cl)cc3)cc(-c3ccc(N4C(=O)C5C6C=CC(C7CC67)C5C4=O)cc3)nc12. The van der Waals surface area contributed by atoms with E-state index in [1.165, 1.54) is 4.90 Å². The summed E-state index contributed by atoms with van der Waals surface area (Å²) in [5.41, 5.74) is 3.87. The van der Waals surface area contributed by atoms with Gasteiger partial charge < -0.3 is 4.74 Å². The normalized spacial score (nSPS) is 26.2. The topological polar surface area (TPSA) is 93.6 Å². The highest BCUT2D eigenvalue weighted by Crippen LogP contribution is 2.65. The zero-order chi connectivity index (χ0) is 32.0. The van der Waals surface area contributed by atoms with E-state index in [2.05, 4.69) is 28.1 Å². The minimum atomic E-state index is -1.04. The number of aryl methyl sites for hydroxylation is 1. The van der Waals surface area contributed by atoms with Crippen molar-refractivity contribution in [3.05, 3.63) is 105 Å². The molecule has 1 aromatic heterocycles. The molecule has 5 aliphatic rings. The van der Waals surface area contributed by atoms with Crippen LogP contribution in [0.25, 0.3) is 22.2 Å². The fourth-order valence-corrected chi connectivity index (χ4v) is 8.59. The zero-order valence-corrected chi connectivity index (χ0v) is 27.3. The summed E-state index contributed by atoms with van der Waals surface area (Å²) in [4.78, 5) is 60.1. The van der Waals surface area contributed by atoms with E-state index >= 15 is 0 Å². The summed E-state index contributed by atoms with van der Waals surface area (Å²) < 4.78 is 6.48. The van der Waals surface area contributed by atoms with Gasteiger partial charge in [0.25, 0.3) is 0 Å². The third-order valence-corrected chi connectivity index (χ3v) is 10.9. The van der Waals surface area contributed by atoms with Gasteiger partial charge in [-0.1, -0.05) is 51.8 Å². The number of hydrogen-bond acceptors (Lipinski definition) is 6. The average molecular weight is 696 g/mol. The number of pyridine rings is 1. The van der Waals surface area contributed by atoms with Crippen molar-refractivity contribution in [2.75, 3.05) is 4.90 Å².